The molecule has 0 aliphatic carbocycles. The standard InChI is InChI=1S/C22H30N2O8/c1-22(2,3)32-21(30)24(13-18(25)26)17(12-14-7-9-15(31-4)10-8-14)19(27)23-11-5-6-16(23)20(28)29/h7-10,16-17H,5-6,11-13H2,1-4H3,(H,25,26)(H,28,29). The van der Waals surface area contributed by atoms with Gasteiger partial charge in [-0.15, -0.1) is 0 Å². The quantitative estimate of drug-likeness (QED) is 0.614. The Labute approximate surface area is 186 Å². The van der Waals surface area contributed by atoms with Crippen LogP contribution in [-0.4, -0.2) is 81.8 Å². The topological polar surface area (TPSA) is 134 Å². The summed E-state index contributed by atoms with van der Waals surface area (Å²) in [6.07, 6.45) is -0.179. The fourth-order valence-electron chi connectivity index (χ4n) is 3.56. The molecule has 0 saturated carbocycles. The van der Waals surface area contributed by atoms with Crippen molar-refractivity contribution in [2.75, 3.05) is 20.2 Å². The molecular formula is C22H30N2O8. The number of amides is 2. The van der Waals surface area contributed by atoms with Gasteiger partial charge in [0.25, 0.3) is 0 Å². The molecule has 1 heterocycles. The summed E-state index contributed by atoms with van der Waals surface area (Å²) in [5, 5.41) is 18.9. The first kappa shape index (κ1) is 25.0. The molecule has 10 heteroatoms. The van der Waals surface area contributed by atoms with E-state index >= 15 is 0 Å². The fourth-order valence-corrected chi connectivity index (χ4v) is 3.56. The summed E-state index contributed by atoms with van der Waals surface area (Å²) in [7, 11) is 1.51. The van der Waals surface area contributed by atoms with Gasteiger partial charge in [-0.2, -0.15) is 0 Å². The van der Waals surface area contributed by atoms with E-state index in [2.05, 4.69) is 0 Å². The lowest BCUT2D eigenvalue weighted by molar-refractivity contribution is -0.151. The Bertz CT molecular complexity index is 846. The first-order valence-corrected chi connectivity index (χ1v) is 10.3. The molecule has 10 nitrogen and oxygen atoms in total. The molecule has 0 aromatic heterocycles. The molecule has 2 atom stereocenters. The van der Waals surface area contributed by atoms with E-state index < -0.39 is 48.2 Å². The molecule has 1 aromatic rings. The van der Waals surface area contributed by atoms with Crippen LogP contribution >= 0.6 is 0 Å². The second-order valence-corrected chi connectivity index (χ2v) is 8.60. The van der Waals surface area contributed by atoms with Gasteiger partial charge in [0.15, 0.2) is 0 Å². The molecule has 0 bridgehead atoms. The molecule has 2 rings (SSSR count). The van der Waals surface area contributed by atoms with Crippen molar-refractivity contribution >= 4 is 23.9 Å². The first-order valence-electron chi connectivity index (χ1n) is 10.3. The molecule has 1 saturated heterocycles. The van der Waals surface area contributed by atoms with Crippen molar-refractivity contribution in [2.45, 2.75) is 57.7 Å². The van der Waals surface area contributed by atoms with E-state index in [1.165, 1.54) is 12.0 Å². The summed E-state index contributed by atoms with van der Waals surface area (Å²) in [4.78, 5) is 51.6. The van der Waals surface area contributed by atoms with Gasteiger partial charge in [-0.25, -0.2) is 9.59 Å². The monoisotopic (exact) mass is 450 g/mol. The average molecular weight is 450 g/mol. The van der Waals surface area contributed by atoms with Crippen molar-refractivity contribution in [3.05, 3.63) is 29.8 Å². The number of benzene rings is 1. The molecule has 2 N–H and O–H groups in total. The van der Waals surface area contributed by atoms with E-state index in [0.717, 1.165) is 4.90 Å². The number of aliphatic carboxylic acids is 2. The van der Waals surface area contributed by atoms with E-state index in [0.29, 0.717) is 24.2 Å². The van der Waals surface area contributed by atoms with Gasteiger partial charge in [-0.3, -0.25) is 14.5 Å². The summed E-state index contributed by atoms with van der Waals surface area (Å²) >= 11 is 0. The molecule has 0 spiro atoms. The number of ether oxygens (including phenoxy) is 2. The van der Waals surface area contributed by atoms with Crippen molar-refractivity contribution in [3.63, 3.8) is 0 Å². The summed E-state index contributed by atoms with van der Waals surface area (Å²) in [6, 6.07) is 4.49. The Morgan fingerprint density at radius 1 is 1.16 bits per heavy atom. The van der Waals surface area contributed by atoms with Crippen molar-refractivity contribution < 1.29 is 38.9 Å². The van der Waals surface area contributed by atoms with Crippen LogP contribution in [0.4, 0.5) is 4.79 Å². The zero-order valence-corrected chi connectivity index (χ0v) is 18.7. The molecule has 2 unspecified atom stereocenters. The smallest absolute Gasteiger partial charge is 0.411 e. The summed E-state index contributed by atoms with van der Waals surface area (Å²) in [6.45, 7) is 4.33. The fraction of sp³-hybridized carbons (Fsp3) is 0.545. The molecule has 0 radical (unpaired) electrons. The van der Waals surface area contributed by atoms with E-state index in [1.54, 1.807) is 45.0 Å². The minimum absolute atomic E-state index is 0.0157. The minimum Gasteiger partial charge on any atom is -0.497 e. The van der Waals surface area contributed by atoms with Gasteiger partial charge < -0.3 is 24.6 Å². The van der Waals surface area contributed by atoms with Crippen LogP contribution in [0.15, 0.2) is 24.3 Å². The van der Waals surface area contributed by atoms with Gasteiger partial charge in [0.1, 0.15) is 30.0 Å². The van der Waals surface area contributed by atoms with Crippen LogP contribution in [0.1, 0.15) is 39.2 Å². The zero-order valence-electron chi connectivity index (χ0n) is 18.7. The number of carboxylic acid groups (broad SMARTS) is 2. The number of carboxylic acids is 2. The SMILES string of the molecule is COc1ccc(CC(C(=O)N2CCCC2C(=O)O)N(CC(=O)O)C(=O)OC(C)(C)C)cc1. The van der Waals surface area contributed by atoms with E-state index in [9.17, 15) is 29.4 Å². The number of carbonyl (C=O) groups is 4. The lowest BCUT2D eigenvalue weighted by Gasteiger charge is -2.35. The summed E-state index contributed by atoms with van der Waals surface area (Å²) in [5.41, 5.74) is -0.270. The lowest BCUT2D eigenvalue weighted by Crippen LogP contribution is -2.56. The van der Waals surface area contributed by atoms with Crippen LogP contribution in [0.5, 0.6) is 5.75 Å². The van der Waals surface area contributed by atoms with Crippen molar-refractivity contribution in [2.24, 2.45) is 0 Å². The van der Waals surface area contributed by atoms with Gasteiger partial charge >= 0.3 is 18.0 Å². The largest absolute Gasteiger partial charge is 0.497 e. The Hall–Kier alpha value is -3.30. The third-order valence-corrected chi connectivity index (χ3v) is 5.00. The number of likely N-dealkylation sites (tertiary alicyclic amines) is 1. The van der Waals surface area contributed by atoms with E-state index in [-0.39, 0.29) is 13.0 Å². The normalized spacial score (nSPS) is 16.9. The highest BCUT2D eigenvalue weighted by Gasteiger charge is 2.42. The molecular weight excluding hydrogens is 420 g/mol. The number of rotatable bonds is 8. The van der Waals surface area contributed by atoms with Gasteiger partial charge in [-0.1, -0.05) is 12.1 Å². The molecule has 1 fully saturated rings. The summed E-state index contributed by atoms with van der Waals surface area (Å²) < 4.78 is 10.5. The zero-order chi connectivity index (χ0) is 24.1. The molecule has 2 amide bonds. The lowest BCUT2D eigenvalue weighted by atomic mass is 10.0. The van der Waals surface area contributed by atoms with Crippen LogP contribution < -0.4 is 4.74 Å². The maximum atomic E-state index is 13.5. The van der Waals surface area contributed by atoms with Crippen LogP contribution in [0.2, 0.25) is 0 Å². The number of nitrogens with zero attached hydrogens (tertiary/aromatic N) is 2. The third kappa shape index (κ3) is 6.60. The maximum Gasteiger partial charge on any atom is 0.411 e. The van der Waals surface area contributed by atoms with Crippen LogP contribution in [0.25, 0.3) is 0 Å². The van der Waals surface area contributed by atoms with Gasteiger partial charge in [-0.05, 0) is 51.3 Å². The van der Waals surface area contributed by atoms with Gasteiger partial charge in [0, 0.05) is 13.0 Å². The Kier molecular flexibility index (Phi) is 8.07. The number of methoxy groups -OCH3 is 1. The summed E-state index contributed by atoms with van der Waals surface area (Å²) in [5.74, 6) is -2.49. The van der Waals surface area contributed by atoms with Gasteiger partial charge in [0.05, 0.1) is 7.11 Å². The second-order valence-electron chi connectivity index (χ2n) is 8.60. The maximum absolute atomic E-state index is 13.5. The van der Waals surface area contributed by atoms with Crippen molar-refractivity contribution in [1.82, 2.24) is 9.80 Å². The Morgan fingerprint density at radius 3 is 2.28 bits per heavy atom. The minimum atomic E-state index is -1.32. The number of hydrogen-bond donors (Lipinski definition) is 2. The van der Waals surface area contributed by atoms with Gasteiger partial charge in [0.2, 0.25) is 5.91 Å². The van der Waals surface area contributed by atoms with Crippen molar-refractivity contribution in [1.29, 1.82) is 0 Å². The molecule has 32 heavy (non-hydrogen) atoms. The van der Waals surface area contributed by atoms with E-state index in [4.69, 9.17) is 9.47 Å². The van der Waals surface area contributed by atoms with Crippen LogP contribution in [0, 0.1) is 0 Å². The Morgan fingerprint density at radius 2 is 1.78 bits per heavy atom. The number of carbonyl (C=O) groups excluding carboxylic acids is 2. The van der Waals surface area contributed by atoms with Crippen molar-refractivity contribution in [3.8, 4) is 5.75 Å². The third-order valence-electron chi connectivity index (χ3n) is 5.00. The molecule has 176 valence electrons. The highest BCUT2D eigenvalue weighted by molar-refractivity contribution is 5.91. The van der Waals surface area contributed by atoms with Crippen LogP contribution in [0.3, 0.4) is 0 Å². The molecule has 1 aliphatic rings. The predicted molar refractivity (Wildman–Crippen MR) is 113 cm³/mol. The van der Waals surface area contributed by atoms with Crippen LogP contribution in [-0.2, 0) is 25.5 Å². The highest BCUT2D eigenvalue weighted by atomic mass is 16.6. The average Bonchev–Trinajstić information content (AvgIpc) is 3.19. The Balaban J connectivity index is 2.44. The second kappa shape index (κ2) is 10.3. The van der Waals surface area contributed by atoms with E-state index in [1.807, 2.05) is 0 Å². The highest BCUT2D eigenvalue weighted by Crippen LogP contribution is 2.24. The molecule has 1 aliphatic heterocycles. The predicted octanol–water partition coefficient (Wildman–Crippen LogP) is 2.00. The number of hydrogen-bond acceptors (Lipinski definition) is 6. The first-order chi connectivity index (χ1) is 14.9. The molecule has 1 aromatic carbocycles.